The van der Waals surface area contributed by atoms with Crippen molar-refractivity contribution >= 4 is 0 Å². The van der Waals surface area contributed by atoms with Gasteiger partial charge in [-0.05, 0) is 30.9 Å². The highest BCUT2D eigenvalue weighted by Gasteiger charge is 2.22. The fourth-order valence-corrected chi connectivity index (χ4v) is 1.91. The summed E-state index contributed by atoms with van der Waals surface area (Å²) in [5, 5.41) is 28.1. The minimum atomic E-state index is -0.431. The Kier molecular flexibility index (Phi) is 2.00. The van der Waals surface area contributed by atoms with Gasteiger partial charge in [-0.1, -0.05) is 0 Å². The third-order valence-electron chi connectivity index (χ3n) is 2.70. The second-order valence-corrected chi connectivity index (χ2v) is 3.73. The molecule has 1 aromatic carbocycles. The average molecular weight is 195 g/mol. The predicted octanol–water partition coefficient (Wildman–Crippen LogP) is 0.619. The first-order valence-electron chi connectivity index (χ1n) is 4.61. The first kappa shape index (κ1) is 9.15. The minimum absolute atomic E-state index is 0.0749. The van der Waals surface area contributed by atoms with Gasteiger partial charge < -0.3 is 21.1 Å². The lowest BCUT2D eigenvalue weighted by atomic mass is 9.87. The number of benzene rings is 1. The van der Waals surface area contributed by atoms with E-state index in [9.17, 15) is 15.3 Å². The molecule has 0 spiro atoms. The zero-order chi connectivity index (χ0) is 10.3. The van der Waals surface area contributed by atoms with Crippen LogP contribution in [-0.4, -0.2) is 21.4 Å². The van der Waals surface area contributed by atoms with Gasteiger partial charge in [0.05, 0.1) is 0 Å². The Morgan fingerprint density at radius 3 is 2.64 bits per heavy atom. The van der Waals surface area contributed by atoms with Crippen LogP contribution in [0.3, 0.4) is 0 Å². The van der Waals surface area contributed by atoms with E-state index >= 15 is 0 Å². The topological polar surface area (TPSA) is 86.7 Å². The molecule has 5 N–H and O–H groups in total. The molecule has 1 aliphatic rings. The van der Waals surface area contributed by atoms with Crippen LogP contribution in [0.1, 0.15) is 17.5 Å². The van der Waals surface area contributed by atoms with Crippen LogP contribution in [0.2, 0.25) is 0 Å². The van der Waals surface area contributed by atoms with Crippen molar-refractivity contribution in [1.82, 2.24) is 0 Å². The van der Waals surface area contributed by atoms with Crippen molar-refractivity contribution < 1.29 is 15.3 Å². The van der Waals surface area contributed by atoms with Crippen molar-refractivity contribution in [3.8, 4) is 17.2 Å². The SMILES string of the molecule is N[C@H]1CCc2c(cc(O)c(O)c2O)C1. The Morgan fingerprint density at radius 1 is 1.21 bits per heavy atom. The van der Waals surface area contributed by atoms with Crippen LogP contribution in [0, 0.1) is 0 Å². The predicted molar refractivity (Wildman–Crippen MR) is 51.4 cm³/mol. The van der Waals surface area contributed by atoms with Gasteiger partial charge in [-0.15, -0.1) is 0 Å². The highest BCUT2D eigenvalue weighted by Crippen LogP contribution is 2.41. The zero-order valence-electron chi connectivity index (χ0n) is 7.70. The summed E-state index contributed by atoms with van der Waals surface area (Å²) < 4.78 is 0. The van der Waals surface area contributed by atoms with Crippen molar-refractivity contribution in [1.29, 1.82) is 0 Å². The molecule has 0 aliphatic heterocycles. The molecule has 0 bridgehead atoms. The quantitative estimate of drug-likeness (QED) is 0.457. The number of fused-ring (bicyclic) bond motifs is 1. The highest BCUT2D eigenvalue weighted by molar-refractivity contribution is 5.57. The molecule has 0 fully saturated rings. The van der Waals surface area contributed by atoms with Gasteiger partial charge in [0.15, 0.2) is 11.5 Å². The van der Waals surface area contributed by atoms with Gasteiger partial charge in [-0.3, -0.25) is 0 Å². The fraction of sp³-hybridized carbons (Fsp3) is 0.400. The van der Waals surface area contributed by atoms with Crippen LogP contribution in [0.15, 0.2) is 6.07 Å². The molecular formula is C10H13NO3. The van der Waals surface area contributed by atoms with Crippen molar-refractivity contribution in [3.05, 3.63) is 17.2 Å². The van der Waals surface area contributed by atoms with Crippen molar-refractivity contribution in [2.45, 2.75) is 25.3 Å². The molecule has 0 aromatic heterocycles. The van der Waals surface area contributed by atoms with Gasteiger partial charge >= 0.3 is 0 Å². The first-order valence-corrected chi connectivity index (χ1v) is 4.61. The Labute approximate surface area is 81.6 Å². The van der Waals surface area contributed by atoms with E-state index in [0.29, 0.717) is 18.4 Å². The molecule has 0 saturated heterocycles. The summed E-state index contributed by atoms with van der Waals surface area (Å²) in [4.78, 5) is 0. The maximum absolute atomic E-state index is 9.56. The number of aromatic hydroxyl groups is 3. The van der Waals surface area contributed by atoms with E-state index in [1.54, 1.807) is 0 Å². The van der Waals surface area contributed by atoms with Crippen LogP contribution in [0.4, 0.5) is 0 Å². The summed E-state index contributed by atoms with van der Waals surface area (Å²) in [5.74, 6) is -0.915. The summed E-state index contributed by atoms with van der Waals surface area (Å²) in [6, 6.07) is 1.55. The monoisotopic (exact) mass is 195 g/mol. The number of hydrogen-bond donors (Lipinski definition) is 4. The van der Waals surface area contributed by atoms with Crippen LogP contribution in [0.5, 0.6) is 17.2 Å². The Balaban J connectivity index is 2.54. The lowest BCUT2D eigenvalue weighted by molar-refractivity contribution is 0.361. The first-order chi connectivity index (χ1) is 6.59. The molecule has 76 valence electrons. The molecule has 0 amide bonds. The molecule has 0 saturated carbocycles. The van der Waals surface area contributed by atoms with E-state index < -0.39 is 5.75 Å². The molecule has 0 heterocycles. The number of nitrogens with two attached hydrogens (primary N) is 1. The minimum Gasteiger partial charge on any atom is -0.504 e. The molecule has 4 heteroatoms. The summed E-state index contributed by atoms with van der Waals surface area (Å²) in [6.45, 7) is 0. The summed E-state index contributed by atoms with van der Waals surface area (Å²) in [7, 11) is 0. The second kappa shape index (κ2) is 3.06. The largest absolute Gasteiger partial charge is 0.504 e. The Hall–Kier alpha value is -1.42. The van der Waals surface area contributed by atoms with Gasteiger partial charge in [-0.2, -0.15) is 0 Å². The Morgan fingerprint density at radius 2 is 1.93 bits per heavy atom. The maximum Gasteiger partial charge on any atom is 0.200 e. The highest BCUT2D eigenvalue weighted by atomic mass is 16.3. The number of phenols is 3. The van der Waals surface area contributed by atoms with Crippen molar-refractivity contribution in [2.24, 2.45) is 5.73 Å². The lowest BCUT2D eigenvalue weighted by Gasteiger charge is -2.22. The lowest BCUT2D eigenvalue weighted by Crippen LogP contribution is -2.27. The smallest absolute Gasteiger partial charge is 0.200 e. The summed E-state index contributed by atoms with van der Waals surface area (Å²) in [5.41, 5.74) is 7.30. The van der Waals surface area contributed by atoms with Gasteiger partial charge in [-0.25, -0.2) is 0 Å². The zero-order valence-corrected chi connectivity index (χ0v) is 7.70. The molecular weight excluding hydrogens is 182 g/mol. The average Bonchev–Trinajstić information content (AvgIpc) is 2.14. The molecule has 0 radical (unpaired) electrons. The summed E-state index contributed by atoms with van der Waals surface area (Å²) >= 11 is 0. The van der Waals surface area contributed by atoms with Gasteiger partial charge in [0, 0.05) is 11.6 Å². The van der Waals surface area contributed by atoms with E-state index in [1.807, 2.05) is 0 Å². The van der Waals surface area contributed by atoms with Crippen LogP contribution < -0.4 is 5.73 Å². The van der Waals surface area contributed by atoms with Crippen LogP contribution in [0.25, 0.3) is 0 Å². The maximum atomic E-state index is 9.56. The Bertz CT molecular complexity index is 376. The molecule has 4 nitrogen and oxygen atoms in total. The fourth-order valence-electron chi connectivity index (χ4n) is 1.91. The second-order valence-electron chi connectivity index (χ2n) is 3.73. The van der Waals surface area contributed by atoms with E-state index in [-0.39, 0.29) is 17.5 Å². The molecule has 0 unspecified atom stereocenters. The third-order valence-corrected chi connectivity index (χ3v) is 2.70. The number of hydrogen-bond acceptors (Lipinski definition) is 4. The van der Waals surface area contributed by atoms with Gasteiger partial charge in [0.1, 0.15) is 0 Å². The summed E-state index contributed by atoms with van der Waals surface area (Å²) in [6.07, 6.45) is 2.08. The molecule has 1 aromatic rings. The van der Waals surface area contributed by atoms with Crippen molar-refractivity contribution in [3.63, 3.8) is 0 Å². The number of phenolic OH excluding ortho intramolecular Hbond substituents is 3. The van der Waals surface area contributed by atoms with Gasteiger partial charge in [0.25, 0.3) is 0 Å². The van der Waals surface area contributed by atoms with Crippen LogP contribution >= 0.6 is 0 Å². The normalized spacial score (nSPS) is 20.5. The molecule has 1 atom stereocenters. The van der Waals surface area contributed by atoms with E-state index in [0.717, 1.165) is 12.0 Å². The van der Waals surface area contributed by atoms with E-state index in [4.69, 9.17) is 5.73 Å². The van der Waals surface area contributed by atoms with E-state index in [1.165, 1.54) is 6.07 Å². The number of rotatable bonds is 0. The van der Waals surface area contributed by atoms with E-state index in [2.05, 4.69) is 0 Å². The van der Waals surface area contributed by atoms with Gasteiger partial charge in [0.2, 0.25) is 5.75 Å². The molecule has 1 aliphatic carbocycles. The third kappa shape index (κ3) is 1.28. The van der Waals surface area contributed by atoms with Crippen molar-refractivity contribution in [2.75, 3.05) is 0 Å². The molecule has 14 heavy (non-hydrogen) atoms. The molecule has 2 rings (SSSR count). The van der Waals surface area contributed by atoms with Crippen LogP contribution in [-0.2, 0) is 12.8 Å². The standard InChI is InChI=1S/C10H13NO3/c11-6-1-2-7-5(3-6)4-8(12)10(14)9(7)13/h4,6,12-14H,1-3,11H2/t6-/m0/s1.